The van der Waals surface area contributed by atoms with E-state index in [1.54, 1.807) is 12.1 Å². The maximum atomic E-state index is 11.8. The first kappa shape index (κ1) is 18.3. The average molecular weight is 361 g/mol. The number of rotatable bonds is 6. The van der Waals surface area contributed by atoms with Crippen LogP contribution in [0.1, 0.15) is 21.5 Å². The summed E-state index contributed by atoms with van der Waals surface area (Å²) in [6.07, 6.45) is 0.475. The molecule has 0 aliphatic rings. The highest BCUT2D eigenvalue weighted by Gasteiger charge is 2.19. The summed E-state index contributed by atoms with van der Waals surface area (Å²) in [4.78, 5) is 46.6. The molecule has 2 rings (SSSR count). The van der Waals surface area contributed by atoms with Crippen molar-refractivity contribution in [2.24, 2.45) is 0 Å². The number of nitro groups is 1. The lowest BCUT2D eigenvalue weighted by Gasteiger charge is -2.06. The van der Waals surface area contributed by atoms with Gasteiger partial charge in [-0.2, -0.15) is 0 Å². The number of anilines is 1. The molecule has 2 N–H and O–H groups in total. The van der Waals surface area contributed by atoms with E-state index in [0.29, 0.717) is 11.3 Å². The van der Waals surface area contributed by atoms with Gasteiger partial charge < -0.3 is 10.6 Å². The van der Waals surface area contributed by atoms with E-state index in [-0.39, 0.29) is 23.7 Å². The molecule has 0 unspecified atom stereocenters. The molecule has 1 heterocycles. The lowest BCUT2D eigenvalue weighted by atomic mass is 10.2. The molecule has 0 aliphatic heterocycles. The zero-order valence-electron chi connectivity index (χ0n) is 13.3. The number of hydrogen-bond donors (Lipinski definition) is 2. The number of carbonyl (C=O) groups is 3. The molecule has 25 heavy (non-hydrogen) atoms. The van der Waals surface area contributed by atoms with Gasteiger partial charge in [0.2, 0.25) is 0 Å². The van der Waals surface area contributed by atoms with Crippen LogP contribution in [-0.2, 0) is 16.0 Å². The molecule has 0 bridgehead atoms. The van der Waals surface area contributed by atoms with Gasteiger partial charge in [-0.1, -0.05) is 12.1 Å². The van der Waals surface area contributed by atoms with E-state index >= 15 is 0 Å². The Labute approximate surface area is 147 Å². The van der Waals surface area contributed by atoms with Crippen molar-refractivity contribution in [3.63, 3.8) is 0 Å². The Balaban J connectivity index is 1.87. The van der Waals surface area contributed by atoms with Crippen LogP contribution in [0.3, 0.4) is 0 Å². The normalized spacial score (nSPS) is 10.1. The van der Waals surface area contributed by atoms with Gasteiger partial charge in [0, 0.05) is 17.5 Å². The predicted molar refractivity (Wildman–Crippen MR) is 92.8 cm³/mol. The van der Waals surface area contributed by atoms with Gasteiger partial charge in [0.15, 0.2) is 5.78 Å². The molecule has 0 spiro atoms. The van der Waals surface area contributed by atoms with Gasteiger partial charge >= 0.3 is 11.8 Å². The Morgan fingerprint density at radius 2 is 1.84 bits per heavy atom. The molecule has 2 aromatic rings. The van der Waals surface area contributed by atoms with Crippen LogP contribution in [-0.4, -0.2) is 29.1 Å². The van der Waals surface area contributed by atoms with E-state index in [2.05, 4.69) is 10.6 Å². The second-order valence-corrected chi connectivity index (χ2v) is 6.22. The Morgan fingerprint density at radius 1 is 1.12 bits per heavy atom. The molecule has 0 radical (unpaired) electrons. The lowest BCUT2D eigenvalue weighted by Crippen LogP contribution is -2.36. The minimum Gasteiger partial charge on any atom is -0.347 e. The highest BCUT2D eigenvalue weighted by Crippen LogP contribution is 2.23. The largest absolute Gasteiger partial charge is 0.347 e. The van der Waals surface area contributed by atoms with E-state index in [1.807, 2.05) is 0 Å². The first-order chi connectivity index (χ1) is 11.9. The van der Waals surface area contributed by atoms with Crippen LogP contribution in [0, 0.1) is 10.1 Å². The number of nitrogens with one attached hydrogen (secondary N) is 2. The molecule has 2 amide bonds. The summed E-state index contributed by atoms with van der Waals surface area (Å²) < 4.78 is 0. The Hall–Kier alpha value is -3.07. The quantitative estimate of drug-likeness (QED) is 0.354. The minimum atomic E-state index is -0.982. The fourth-order valence-electron chi connectivity index (χ4n) is 2.00. The van der Waals surface area contributed by atoms with Gasteiger partial charge in [0.1, 0.15) is 5.69 Å². The summed E-state index contributed by atoms with van der Waals surface area (Å²) in [6.45, 7) is 1.69. The second-order valence-electron chi connectivity index (χ2n) is 5.06. The number of para-hydroxylation sites is 2. The number of ketones is 1. The molecular formula is C16H15N3O5S. The van der Waals surface area contributed by atoms with Crippen LogP contribution < -0.4 is 10.6 Å². The SMILES string of the molecule is CC(=O)c1ccc(CCNC(=O)C(=O)Nc2ccccc2[N+](=O)[O-])s1. The zero-order chi connectivity index (χ0) is 18.4. The van der Waals surface area contributed by atoms with Crippen molar-refractivity contribution in [2.75, 3.05) is 11.9 Å². The van der Waals surface area contributed by atoms with Gasteiger partial charge in [-0.15, -0.1) is 11.3 Å². The third-order valence-corrected chi connectivity index (χ3v) is 4.47. The van der Waals surface area contributed by atoms with Crippen molar-refractivity contribution in [3.05, 3.63) is 56.3 Å². The number of nitrogens with zero attached hydrogens (tertiary/aromatic N) is 1. The van der Waals surface area contributed by atoms with Crippen LogP contribution in [0.5, 0.6) is 0 Å². The Morgan fingerprint density at radius 3 is 2.48 bits per heavy atom. The molecule has 1 aromatic carbocycles. The van der Waals surface area contributed by atoms with Crippen molar-refractivity contribution in [1.82, 2.24) is 5.32 Å². The van der Waals surface area contributed by atoms with Gasteiger partial charge in [0.25, 0.3) is 5.69 Å². The lowest BCUT2D eigenvalue weighted by molar-refractivity contribution is -0.383. The first-order valence-corrected chi connectivity index (χ1v) is 8.12. The number of hydrogen-bond acceptors (Lipinski definition) is 6. The van der Waals surface area contributed by atoms with Crippen LogP contribution in [0.15, 0.2) is 36.4 Å². The minimum absolute atomic E-state index is 0.0240. The van der Waals surface area contributed by atoms with Crippen LogP contribution in [0.4, 0.5) is 11.4 Å². The Kier molecular flexibility index (Phi) is 5.96. The number of thiophene rings is 1. The summed E-state index contributed by atoms with van der Waals surface area (Å²) >= 11 is 1.33. The molecular weight excluding hydrogens is 346 g/mol. The summed E-state index contributed by atoms with van der Waals surface area (Å²) in [5.74, 6) is -1.89. The van der Waals surface area contributed by atoms with Gasteiger partial charge in [-0.3, -0.25) is 24.5 Å². The van der Waals surface area contributed by atoms with Crippen molar-refractivity contribution in [3.8, 4) is 0 Å². The van der Waals surface area contributed by atoms with E-state index < -0.39 is 16.7 Å². The monoisotopic (exact) mass is 361 g/mol. The number of nitro benzene ring substituents is 1. The zero-order valence-corrected chi connectivity index (χ0v) is 14.1. The average Bonchev–Trinajstić information content (AvgIpc) is 3.04. The maximum absolute atomic E-state index is 11.8. The molecule has 0 saturated carbocycles. The smallest absolute Gasteiger partial charge is 0.313 e. The fraction of sp³-hybridized carbons (Fsp3) is 0.188. The molecule has 130 valence electrons. The van der Waals surface area contributed by atoms with Crippen molar-refractivity contribution < 1.29 is 19.3 Å². The molecule has 0 aliphatic carbocycles. The standard InChI is InChI=1S/C16H15N3O5S/c1-10(20)14-7-6-11(25-14)8-9-17-15(21)16(22)18-12-4-2-3-5-13(12)19(23)24/h2-7H,8-9H2,1H3,(H,17,21)(H,18,22). The van der Waals surface area contributed by atoms with Gasteiger partial charge in [0.05, 0.1) is 9.80 Å². The van der Waals surface area contributed by atoms with Gasteiger partial charge in [-0.05, 0) is 31.5 Å². The maximum Gasteiger partial charge on any atom is 0.313 e. The number of amides is 2. The third-order valence-electron chi connectivity index (χ3n) is 3.22. The van der Waals surface area contributed by atoms with Crippen LogP contribution in [0.25, 0.3) is 0 Å². The first-order valence-electron chi connectivity index (χ1n) is 7.30. The highest BCUT2D eigenvalue weighted by molar-refractivity contribution is 7.14. The Bertz CT molecular complexity index is 831. The highest BCUT2D eigenvalue weighted by atomic mass is 32.1. The van der Waals surface area contributed by atoms with E-state index in [1.165, 1.54) is 42.5 Å². The summed E-state index contributed by atoms with van der Waals surface area (Å²) in [6, 6.07) is 9.07. The van der Waals surface area contributed by atoms with Crippen LogP contribution >= 0.6 is 11.3 Å². The topological polar surface area (TPSA) is 118 Å². The molecule has 0 fully saturated rings. The third kappa shape index (κ3) is 4.95. The second kappa shape index (κ2) is 8.15. The summed E-state index contributed by atoms with van der Waals surface area (Å²) in [5, 5.41) is 15.5. The summed E-state index contributed by atoms with van der Waals surface area (Å²) in [7, 11) is 0. The van der Waals surface area contributed by atoms with Crippen molar-refractivity contribution >= 4 is 40.3 Å². The molecule has 0 atom stereocenters. The fourth-order valence-corrected chi connectivity index (χ4v) is 2.90. The molecule has 0 saturated heterocycles. The van der Waals surface area contributed by atoms with E-state index in [4.69, 9.17) is 0 Å². The van der Waals surface area contributed by atoms with Crippen molar-refractivity contribution in [1.29, 1.82) is 0 Å². The van der Waals surface area contributed by atoms with E-state index in [0.717, 1.165) is 4.88 Å². The molecule has 8 nitrogen and oxygen atoms in total. The number of Topliss-reactive ketones (excluding diaryl/α,β-unsaturated/α-hetero) is 1. The predicted octanol–water partition coefficient (Wildman–Crippen LogP) is 2.16. The van der Waals surface area contributed by atoms with Crippen molar-refractivity contribution in [2.45, 2.75) is 13.3 Å². The van der Waals surface area contributed by atoms with Gasteiger partial charge in [-0.25, -0.2) is 0 Å². The summed E-state index contributed by atoms with van der Waals surface area (Å²) in [5.41, 5.74) is -0.337. The van der Waals surface area contributed by atoms with E-state index in [9.17, 15) is 24.5 Å². The van der Waals surface area contributed by atoms with Crippen LogP contribution in [0.2, 0.25) is 0 Å². The molecule has 1 aromatic heterocycles. The molecule has 9 heteroatoms. The number of benzene rings is 1. The number of carbonyl (C=O) groups excluding carboxylic acids is 3.